The first-order chi connectivity index (χ1) is 9.24. The molecular formula is C15H29NO3. The van der Waals surface area contributed by atoms with Crippen LogP contribution in [0.5, 0.6) is 0 Å². The molecule has 2 unspecified atom stereocenters. The molecule has 1 rings (SSSR count). The maximum atomic E-state index is 10.9. The highest BCUT2D eigenvalue weighted by Crippen LogP contribution is 2.14. The molecule has 4 nitrogen and oxygen atoms in total. The van der Waals surface area contributed by atoms with Crippen molar-refractivity contribution in [3.05, 3.63) is 0 Å². The molecule has 0 aromatic heterocycles. The van der Waals surface area contributed by atoms with Crippen molar-refractivity contribution in [2.24, 2.45) is 5.92 Å². The van der Waals surface area contributed by atoms with E-state index in [2.05, 4.69) is 12.2 Å². The smallest absolute Gasteiger partial charge is 0.307 e. The van der Waals surface area contributed by atoms with E-state index in [1.165, 1.54) is 38.5 Å². The van der Waals surface area contributed by atoms with Crippen molar-refractivity contribution in [1.29, 1.82) is 0 Å². The monoisotopic (exact) mass is 271 g/mol. The number of carboxylic acid groups (broad SMARTS) is 1. The van der Waals surface area contributed by atoms with E-state index in [1.54, 1.807) is 0 Å². The first-order valence-electron chi connectivity index (χ1n) is 7.79. The minimum Gasteiger partial charge on any atom is -0.481 e. The minimum atomic E-state index is -0.711. The fourth-order valence-electron chi connectivity index (χ4n) is 2.53. The fourth-order valence-corrected chi connectivity index (χ4v) is 2.53. The van der Waals surface area contributed by atoms with Gasteiger partial charge in [0.2, 0.25) is 0 Å². The molecule has 112 valence electrons. The zero-order valence-electron chi connectivity index (χ0n) is 12.2. The van der Waals surface area contributed by atoms with Crippen LogP contribution < -0.4 is 5.32 Å². The summed E-state index contributed by atoms with van der Waals surface area (Å²) >= 11 is 0. The van der Waals surface area contributed by atoms with Crippen LogP contribution in [0.15, 0.2) is 0 Å². The average Bonchev–Trinajstić information content (AvgIpc) is 2.42. The summed E-state index contributed by atoms with van der Waals surface area (Å²) in [5.41, 5.74) is 0. The van der Waals surface area contributed by atoms with E-state index in [0.717, 1.165) is 19.6 Å². The third-order valence-corrected chi connectivity index (χ3v) is 3.76. The number of carboxylic acids is 1. The third-order valence-electron chi connectivity index (χ3n) is 3.76. The lowest BCUT2D eigenvalue weighted by Crippen LogP contribution is -2.43. The van der Waals surface area contributed by atoms with E-state index < -0.39 is 5.97 Å². The number of carbonyl (C=O) groups is 1. The Morgan fingerprint density at radius 1 is 1.16 bits per heavy atom. The molecular weight excluding hydrogens is 242 g/mol. The zero-order valence-corrected chi connectivity index (χ0v) is 12.2. The molecule has 0 amide bonds. The Kier molecular flexibility index (Phi) is 8.84. The maximum Gasteiger partial charge on any atom is 0.307 e. The first-order valence-corrected chi connectivity index (χ1v) is 7.79. The van der Waals surface area contributed by atoms with Crippen LogP contribution in [0.25, 0.3) is 0 Å². The molecule has 4 heteroatoms. The molecule has 1 aliphatic heterocycles. The normalized spacial score (nSPS) is 23.4. The van der Waals surface area contributed by atoms with Crippen molar-refractivity contribution in [3.63, 3.8) is 0 Å². The van der Waals surface area contributed by atoms with Gasteiger partial charge in [0.05, 0.1) is 12.0 Å². The highest BCUT2D eigenvalue weighted by molar-refractivity contribution is 5.70. The van der Waals surface area contributed by atoms with Crippen molar-refractivity contribution in [2.75, 3.05) is 19.7 Å². The van der Waals surface area contributed by atoms with Crippen LogP contribution in [0.4, 0.5) is 0 Å². The number of rotatable bonds is 10. The van der Waals surface area contributed by atoms with Crippen LogP contribution in [0, 0.1) is 5.92 Å². The molecule has 1 fully saturated rings. The van der Waals surface area contributed by atoms with Crippen molar-refractivity contribution < 1.29 is 14.6 Å². The van der Waals surface area contributed by atoms with Gasteiger partial charge >= 0.3 is 5.97 Å². The van der Waals surface area contributed by atoms with E-state index >= 15 is 0 Å². The maximum absolute atomic E-state index is 10.9. The molecule has 0 aromatic carbocycles. The lowest BCUT2D eigenvalue weighted by molar-refractivity contribution is -0.144. The van der Waals surface area contributed by atoms with Crippen LogP contribution in [-0.2, 0) is 9.53 Å². The van der Waals surface area contributed by atoms with Crippen LogP contribution in [0.3, 0.4) is 0 Å². The highest BCUT2D eigenvalue weighted by Gasteiger charge is 2.26. The van der Waals surface area contributed by atoms with Crippen molar-refractivity contribution in [2.45, 2.75) is 64.4 Å². The first kappa shape index (κ1) is 16.4. The number of nitrogens with one attached hydrogen (secondary N) is 1. The molecule has 1 saturated heterocycles. The van der Waals surface area contributed by atoms with Crippen LogP contribution in [0.2, 0.25) is 0 Å². The van der Waals surface area contributed by atoms with Crippen LogP contribution >= 0.6 is 0 Å². The van der Waals surface area contributed by atoms with E-state index in [0.29, 0.717) is 13.0 Å². The zero-order chi connectivity index (χ0) is 13.9. The summed E-state index contributed by atoms with van der Waals surface area (Å²) in [4.78, 5) is 10.9. The number of hydrogen-bond donors (Lipinski definition) is 2. The molecule has 0 spiro atoms. The van der Waals surface area contributed by atoms with Crippen LogP contribution in [-0.4, -0.2) is 36.9 Å². The average molecular weight is 271 g/mol. The molecule has 2 atom stereocenters. The molecule has 0 bridgehead atoms. The molecule has 0 aliphatic carbocycles. The Morgan fingerprint density at radius 3 is 2.53 bits per heavy atom. The Morgan fingerprint density at radius 2 is 1.84 bits per heavy atom. The van der Waals surface area contributed by atoms with E-state index in [4.69, 9.17) is 9.84 Å². The number of unbranched alkanes of at least 4 members (excludes halogenated alkanes) is 6. The summed E-state index contributed by atoms with van der Waals surface area (Å²) in [6.07, 6.45) is 9.68. The molecule has 1 aliphatic rings. The predicted octanol–water partition coefficient (Wildman–Crippen LogP) is 2.82. The largest absolute Gasteiger partial charge is 0.481 e. The fraction of sp³-hybridized carbons (Fsp3) is 0.933. The second-order valence-corrected chi connectivity index (χ2v) is 5.54. The Balaban J connectivity index is 1.95. The van der Waals surface area contributed by atoms with Crippen molar-refractivity contribution in [3.8, 4) is 0 Å². The second-order valence-electron chi connectivity index (χ2n) is 5.54. The summed E-state index contributed by atoms with van der Waals surface area (Å²) in [6.45, 7) is 4.37. The van der Waals surface area contributed by atoms with Crippen molar-refractivity contribution in [1.82, 2.24) is 5.32 Å². The van der Waals surface area contributed by atoms with Gasteiger partial charge in [0, 0.05) is 19.7 Å². The van der Waals surface area contributed by atoms with Gasteiger partial charge in [-0.15, -0.1) is 0 Å². The third kappa shape index (κ3) is 7.53. The van der Waals surface area contributed by atoms with Gasteiger partial charge in [-0.05, 0) is 12.8 Å². The summed E-state index contributed by atoms with van der Waals surface area (Å²) in [5.74, 6) is -0.996. The Labute approximate surface area is 116 Å². The number of piperidine rings is 1. The lowest BCUT2D eigenvalue weighted by Gasteiger charge is -2.27. The minimum absolute atomic E-state index is 0.0786. The Bertz CT molecular complexity index is 246. The topological polar surface area (TPSA) is 58.6 Å². The van der Waals surface area contributed by atoms with Gasteiger partial charge in [-0.3, -0.25) is 4.79 Å². The molecule has 0 saturated carbocycles. The molecule has 0 radical (unpaired) electrons. The predicted molar refractivity (Wildman–Crippen MR) is 76.3 cm³/mol. The lowest BCUT2D eigenvalue weighted by atomic mass is 9.98. The summed E-state index contributed by atoms with van der Waals surface area (Å²) < 4.78 is 5.77. The number of ether oxygens (including phenoxy) is 1. The van der Waals surface area contributed by atoms with Crippen molar-refractivity contribution >= 4 is 5.97 Å². The van der Waals surface area contributed by atoms with Gasteiger partial charge in [-0.25, -0.2) is 0 Å². The summed E-state index contributed by atoms with van der Waals surface area (Å²) in [7, 11) is 0. The summed E-state index contributed by atoms with van der Waals surface area (Å²) in [5, 5.41) is 12.1. The number of aliphatic carboxylic acids is 1. The van der Waals surface area contributed by atoms with Gasteiger partial charge < -0.3 is 15.2 Å². The van der Waals surface area contributed by atoms with Gasteiger partial charge in [0.15, 0.2) is 0 Å². The Hall–Kier alpha value is -0.610. The number of hydrogen-bond acceptors (Lipinski definition) is 3. The highest BCUT2D eigenvalue weighted by atomic mass is 16.5. The quantitative estimate of drug-likeness (QED) is 0.600. The molecule has 0 aromatic rings. The molecule has 19 heavy (non-hydrogen) atoms. The standard InChI is InChI=1S/C15H29NO3/c1-2-3-4-5-6-7-8-9-19-14-10-13(15(17)18)11-16-12-14/h13-14,16H,2-12H2,1H3,(H,17,18). The van der Waals surface area contributed by atoms with E-state index in [9.17, 15) is 4.79 Å². The van der Waals surface area contributed by atoms with Gasteiger partial charge in [0.25, 0.3) is 0 Å². The van der Waals surface area contributed by atoms with Gasteiger partial charge in [-0.2, -0.15) is 0 Å². The van der Waals surface area contributed by atoms with E-state index in [1.807, 2.05) is 0 Å². The molecule has 1 heterocycles. The van der Waals surface area contributed by atoms with Crippen LogP contribution in [0.1, 0.15) is 58.3 Å². The van der Waals surface area contributed by atoms with Gasteiger partial charge in [0.1, 0.15) is 0 Å². The van der Waals surface area contributed by atoms with Gasteiger partial charge in [-0.1, -0.05) is 45.4 Å². The summed E-state index contributed by atoms with van der Waals surface area (Å²) in [6, 6.07) is 0. The SMILES string of the molecule is CCCCCCCCCOC1CNCC(C(=O)O)C1. The second kappa shape index (κ2) is 10.2. The molecule has 2 N–H and O–H groups in total. The van der Waals surface area contributed by atoms with E-state index in [-0.39, 0.29) is 12.0 Å².